The van der Waals surface area contributed by atoms with Crippen molar-refractivity contribution in [2.45, 2.75) is 17.9 Å². The van der Waals surface area contributed by atoms with Gasteiger partial charge in [-0.15, -0.1) is 12.4 Å². The van der Waals surface area contributed by atoms with Crippen LogP contribution in [0.1, 0.15) is 44.5 Å². The van der Waals surface area contributed by atoms with Crippen LogP contribution in [0.25, 0.3) is 66.1 Å². The van der Waals surface area contributed by atoms with Crippen LogP contribution in [0.3, 0.4) is 0 Å². The molecule has 13 rings (SSSR count). The molecule has 1 aliphatic carbocycles. The Morgan fingerprint density at radius 2 is 0.838 bits per heavy atom. The van der Waals surface area contributed by atoms with Crippen LogP contribution in [0.15, 0.2) is 285 Å². The van der Waals surface area contributed by atoms with Crippen molar-refractivity contribution in [3.63, 3.8) is 0 Å². The van der Waals surface area contributed by atoms with E-state index in [9.17, 15) is 5.11 Å². The van der Waals surface area contributed by atoms with Crippen molar-refractivity contribution >= 4 is 45.6 Å². The molecule has 0 amide bonds. The zero-order chi connectivity index (χ0) is 49.4. The van der Waals surface area contributed by atoms with Gasteiger partial charge in [0.15, 0.2) is 0 Å². The fourth-order valence-electron chi connectivity index (χ4n) is 11.3. The maximum atomic E-state index is 12.8. The number of fused-ring (bicyclic) bond motifs is 5. The smallest absolute Gasteiger partial charge is 0.141 e. The monoisotopic (exact) mass is 990 g/mol. The third-order valence-corrected chi connectivity index (χ3v) is 15.0. The highest BCUT2D eigenvalue weighted by atomic mass is 35.5. The van der Waals surface area contributed by atoms with E-state index >= 15 is 0 Å². The first-order valence-electron chi connectivity index (χ1n) is 25.0. The number of hydrogen-bond acceptors (Lipinski definition) is 1. The van der Waals surface area contributed by atoms with Crippen LogP contribution in [-0.4, -0.2) is 5.11 Å². The van der Waals surface area contributed by atoms with Gasteiger partial charge in [-0.3, -0.25) is 0 Å². The molecule has 3 heteroatoms. The Morgan fingerprint density at radius 3 is 1.51 bits per heavy atom. The summed E-state index contributed by atoms with van der Waals surface area (Å²) in [5.41, 5.74) is 16.3. The second kappa shape index (κ2) is 20.3. The Hall–Kier alpha value is -8.30. The van der Waals surface area contributed by atoms with Crippen LogP contribution in [0.2, 0.25) is 5.02 Å². The predicted molar refractivity (Wildman–Crippen MR) is 313 cm³/mol. The highest BCUT2D eigenvalue weighted by molar-refractivity contribution is 6.30. The molecule has 2 atom stereocenters. The molecule has 74 heavy (non-hydrogen) atoms. The second-order valence-corrected chi connectivity index (χ2v) is 19.6. The van der Waals surface area contributed by atoms with Crippen molar-refractivity contribution in [2.75, 3.05) is 0 Å². The molecular formula is C71H52Cl2O. The standard InChI is InChI=1S/C36H26.C35H25ClO.ClH/c1-25-19-20-32-33-23-28-13-8-9-14-29(28)24-35(33)36(34(32)21-25,30-16-6-3-7-17-30)31-18-10-15-27(22-31)26-11-4-2-5-12-26;36-32-20-21-33(29-19-18-26-12-7-8-13-27(26)22-29)34(24-32)35(37,30-15-5-2-6-16-30)31-17-9-14-28(23-31)25-10-3-1-4-11-25;/h2-24H,1H3;1-24,37H;1H. The molecule has 0 aromatic heterocycles. The van der Waals surface area contributed by atoms with Gasteiger partial charge in [0.25, 0.3) is 0 Å². The zero-order valence-corrected chi connectivity index (χ0v) is 42.4. The predicted octanol–water partition coefficient (Wildman–Crippen LogP) is 18.7. The van der Waals surface area contributed by atoms with Crippen LogP contribution in [0.4, 0.5) is 0 Å². The lowest BCUT2D eigenvalue weighted by molar-refractivity contribution is 0.126. The molecule has 0 saturated carbocycles. The van der Waals surface area contributed by atoms with E-state index < -0.39 is 11.0 Å². The third kappa shape index (κ3) is 8.59. The molecule has 356 valence electrons. The van der Waals surface area contributed by atoms with Crippen molar-refractivity contribution in [1.82, 2.24) is 0 Å². The molecule has 0 bridgehead atoms. The van der Waals surface area contributed by atoms with Gasteiger partial charge < -0.3 is 5.11 Å². The van der Waals surface area contributed by atoms with E-state index in [-0.39, 0.29) is 12.4 Å². The first-order chi connectivity index (χ1) is 35.9. The Bertz CT molecular complexity index is 3950. The van der Waals surface area contributed by atoms with Gasteiger partial charge in [-0.1, -0.05) is 260 Å². The summed E-state index contributed by atoms with van der Waals surface area (Å²) >= 11 is 6.60. The number of rotatable bonds is 8. The normalized spacial score (nSPS) is 14.2. The summed E-state index contributed by atoms with van der Waals surface area (Å²) in [7, 11) is 0. The van der Waals surface area contributed by atoms with Crippen molar-refractivity contribution in [3.05, 3.63) is 335 Å². The summed E-state index contributed by atoms with van der Waals surface area (Å²) in [6.07, 6.45) is 0. The van der Waals surface area contributed by atoms with Crippen LogP contribution in [0, 0.1) is 6.92 Å². The SMILES string of the molecule is Cc1ccc2c(c1)C(c1ccccc1)(c1cccc(-c3ccccc3)c1)c1cc3ccccc3cc1-2.Cl.OC(c1ccccc1)(c1cccc(-c2ccccc2)c1)c1cc(Cl)ccc1-c1ccc2ccccc2c1. The molecule has 2 unspecified atom stereocenters. The van der Waals surface area contributed by atoms with Crippen LogP contribution in [-0.2, 0) is 11.0 Å². The minimum Gasteiger partial charge on any atom is -0.376 e. The van der Waals surface area contributed by atoms with Crippen molar-refractivity contribution < 1.29 is 5.11 Å². The summed E-state index contributed by atoms with van der Waals surface area (Å²) in [5.74, 6) is 0. The van der Waals surface area contributed by atoms with Gasteiger partial charge in [-0.2, -0.15) is 0 Å². The van der Waals surface area contributed by atoms with E-state index in [1.165, 1.54) is 66.2 Å². The van der Waals surface area contributed by atoms with E-state index in [4.69, 9.17) is 11.6 Å². The largest absolute Gasteiger partial charge is 0.376 e. The summed E-state index contributed by atoms with van der Waals surface area (Å²) in [4.78, 5) is 0. The molecular weight excluding hydrogens is 940 g/mol. The lowest BCUT2D eigenvalue weighted by Gasteiger charge is -2.34. The van der Waals surface area contributed by atoms with E-state index in [0.717, 1.165) is 44.3 Å². The van der Waals surface area contributed by atoms with Crippen LogP contribution < -0.4 is 0 Å². The molecule has 0 fully saturated rings. The first kappa shape index (κ1) is 48.0. The number of aliphatic hydroxyl groups is 1. The van der Waals surface area contributed by atoms with Gasteiger partial charge in [0.05, 0.1) is 5.41 Å². The number of hydrogen-bond donors (Lipinski definition) is 1. The van der Waals surface area contributed by atoms with Crippen LogP contribution in [0.5, 0.6) is 0 Å². The molecule has 0 heterocycles. The van der Waals surface area contributed by atoms with E-state index in [0.29, 0.717) is 5.02 Å². The number of aryl methyl sites for hydroxylation is 1. The fourth-order valence-corrected chi connectivity index (χ4v) is 11.5. The third-order valence-electron chi connectivity index (χ3n) is 14.8. The maximum absolute atomic E-state index is 12.8. The number of benzene rings is 12. The highest BCUT2D eigenvalue weighted by Gasteiger charge is 2.46. The molecule has 0 aliphatic heterocycles. The summed E-state index contributed by atoms with van der Waals surface area (Å²) in [5, 5.41) is 18.3. The summed E-state index contributed by atoms with van der Waals surface area (Å²) in [6, 6.07) is 100. The molecule has 12 aromatic rings. The van der Waals surface area contributed by atoms with E-state index in [2.05, 4.69) is 201 Å². The molecule has 0 saturated heterocycles. The Kier molecular flexibility index (Phi) is 13.2. The molecule has 12 aromatic carbocycles. The average molecular weight is 992 g/mol. The molecule has 0 radical (unpaired) electrons. The second-order valence-electron chi connectivity index (χ2n) is 19.1. The van der Waals surface area contributed by atoms with Crippen LogP contribution >= 0.6 is 24.0 Å². The zero-order valence-electron chi connectivity index (χ0n) is 40.9. The minimum atomic E-state index is -1.43. The van der Waals surface area contributed by atoms with Gasteiger partial charge in [0.1, 0.15) is 5.60 Å². The first-order valence-corrected chi connectivity index (χ1v) is 25.3. The van der Waals surface area contributed by atoms with E-state index in [1.54, 1.807) is 0 Å². The Labute approximate surface area is 445 Å². The van der Waals surface area contributed by atoms with E-state index in [1.807, 2.05) is 91.0 Å². The molecule has 1 aliphatic rings. The summed E-state index contributed by atoms with van der Waals surface area (Å²) < 4.78 is 0. The lowest BCUT2D eigenvalue weighted by atomic mass is 9.67. The topological polar surface area (TPSA) is 20.2 Å². The Balaban J connectivity index is 0.000000157. The highest BCUT2D eigenvalue weighted by Crippen LogP contribution is 2.57. The van der Waals surface area contributed by atoms with Crippen molar-refractivity contribution in [2.24, 2.45) is 0 Å². The van der Waals surface area contributed by atoms with Gasteiger partial charge in [0.2, 0.25) is 0 Å². The van der Waals surface area contributed by atoms with Crippen molar-refractivity contribution in [3.8, 4) is 44.5 Å². The van der Waals surface area contributed by atoms with Gasteiger partial charge in [-0.25, -0.2) is 0 Å². The maximum Gasteiger partial charge on any atom is 0.141 e. The average Bonchev–Trinajstić information content (AvgIpc) is 3.74. The molecule has 1 nitrogen and oxygen atoms in total. The molecule has 1 N–H and O–H groups in total. The molecule has 0 spiro atoms. The van der Waals surface area contributed by atoms with Crippen molar-refractivity contribution in [1.29, 1.82) is 0 Å². The Morgan fingerprint density at radius 1 is 0.338 bits per heavy atom. The fraction of sp³-hybridized carbons (Fsp3) is 0.0423. The van der Waals surface area contributed by atoms with Gasteiger partial charge >= 0.3 is 0 Å². The quantitative estimate of drug-likeness (QED) is 0.150. The number of halogens is 2. The lowest BCUT2D eigenvalue weighted by Crippen LogP contribution is -2.29. The van der Waals surface area contributed by atoms with Gasteiger partial charge in [0, 0.05) is 10.6 Å². The summed E-state index contributed by atoms with van der Waals surface area (Å²) in [6.45, 7) is 2.20. The minimum absolute atomic E-state index is 0. The van der Waals surface area contributed by atoms with Gasteiger partial charge in [-0.05, 0) is 149 Å².